The fourth-order valence-corrected chi connectivity index (χ4v) is 2.83. The van der Waals surface area contributed by atoms with Crippen LogP contribution < -0.4 is 0 Å². The fraction of sp³-hybridized carbons (Fsp3) is 0.444. The van der Waals surface area contributed by atoms with Crippen molar-refractivity contribution in [2.45, 2.75) is 46.1 Å². The molecule has 1 aromatic carbocycles. The molecule has 0 spiro atoms. The van der Waals surface area contributed by atoms with Gasteiger partial charge in [-0.1, -0.05) is 20.8 Å². The normalized spacial score (nSPS) is 11.9. The number of aromatic nitrogens is 1. The average Bonchev–Trinajstić information content (AvgIpc) is 2.81. The number of aryl methyl sites for hydroxylation is 1. The molecule has 0 bridgehead atoms. The standard InChI is InChI=1S/C18H23NO4/c1-11(21)14-10-19(6-5-7-20)16-13(14)8-12(17(22)23)9-15(16)18(2,3)4/h8-10,20H,5-7H2,1-4H3,(H,22,23). The van der Waals surface area contributed by atoms with Crippen molar-refractivity contribution >= 4 is 22.7 Å². The number of carboxylic acids is 1. The second-order valence-electron chi connectivity index (χ2n) is 6.84. The molecule has 124 valence electrons. The maximum Gasteiger partial charge on any atom is 0.335 e. The van der Waals surface area contributed by atoms with Crippen LogP contribution in [0.25, 0.3) is 10.9 Å². The second kappa shape index (κ2) is 6.16. The molecule has 23 heavy (non-hydrogen) atoms. The van der Waals surface area contributed by atoms with Crippen molar-refractivity contribution in [2.75, 3.05) is 6.61 Å². The van der Waals surface area contributed by atoms with Crippen molar-refractivity contribution in [3.8, 4) is 0 Å². The van der Waals surface area contributed by atoms with Crippen LogP contribution in [0.4, 0.5) is 0 Å². The Bertz CT molecular complexity index is 765. The van der Waals surface area contributed by atoms with Crippen LogP contribution in [0.15, 0.2) is 18.3 Å². The summed E-state index contributed by atoms with van der Waals surface area (Å²) in [5.74, 6) is -1.10. The van der Waals surface area contributed by atoms with Gasteiger partial charge in [-0.05, 0) is 36.5 Å². The molecule has 0 unspecified atom stereocenters. The highest BCUT2D eigenvalue weighted by molar-refractivity contribution is 6.09. The Morgan fingerprint density at radius 3 is 2.35 bits per heavy atom. The zero-order chi connectivity index (χ0) is 17.4. The van der Waals surface area contributed by atoms with Crippen molar-refractivity contribution in [1.82, 2.24) is 4.57 Å². The number of hydrogen-bond acceptors (Lipinski definition) is 3. The summed E-state index contributed by atoms with van der Waals surface area (Å²) in [6.45, 7) is 8.18. The van der Waals surface area contributed by atoms with Gasteiger partial charge >= 0.3 is 5.97 Å². The molecule has 0 aliphatic rings. The molecule has 1 aromatic heterocycles. The van der Waals surface area contributed by atoms with Crippen molar-refractivity contribution in [3.63, 3.8) is 0 Å². The van der Waals surface area contributed by atoms with E-state index in [0.29, 0.717) is 23.9 Å². The second-order valence-corrected chi connectivity index (χ2v) is 6.84. The third-order valence-corrected chi connectivity index (χ3v) is 3.96. The van der Waals surface area contributed by atoms with E-state index in [2.05, 4.69) is 0 Å². The largest absolute Gasteiger partial charge is 0.478 e. The van der Waals surface area contributed by atoms with Gasteiger partial charge in [0.05, 0.1) is 11.1 Å². The third kappa shape index (κ3) is 3.29. The lowest BCUT2D eigenvalue weighted by Gasteiger charge is -2.22. The van der Waals surface area contributed by atoms with E-state index in [-0.39, 0.29) is 23.4 Å². The summed E-state index contributed by atoms with van der Waals surface area (Å²) in [7, 11) is 0. The first-order valence-corrected chi connectivity index (χ1v) is 7.69. The molecule has 0 saturated carbocycles. The van der Waals surface area contributed by atoms with Gasteiger partial charge in [0.15, 0.2) is 5.78 Å². The van der Waals surface area contributed by atoms with Crippen LogP contribution in [0.3, 0.4) is 0 Å². The smallest absolute Gasteiger partial charge is 0.335 e. The minimum atomic E-state index is -1.00. The number of Topliss-reactive ketones (excluding diaryl/α,β-unsaturated/α-hetero) is 1. The molecule has 2 N–H and O–H groups in total. The van der Waals surface area contributed by atoms with Gasteiger partial charge in [0.1, 0.15) is 0 Å². The molecule has 0 aliphatic heterocycles. The number of benzene rings is 1. The summed E-state index contributed by atoms with van der Waals surface area (Å²) in [5.41, 5.74) is 2.20. The molecule has 0 aliphatic carbocycles. The van der Waals surface area contributed by atoms with Gasteiger partial charge in [0.25, 0.3) is 0 Å². The number of aliphatic hydroxyl groups excluding tert-OH is 1. The van der Waals surface area contributed by atoms with Crippen molar-refractivity contribution < 1.29 is 19.8 Å². The number of aliphatic hydroxyl groups is 1. The zero-order valence-corrected chi connectivity index (χ0v) is 14.0. The van der Waals surface area contributed by atoms with E-state index < -0.39 is 5.97 Å². The Morgan fingerprint density at radius 2 is 1.87 bits per heavy atom. The summed E-state index contributed by atoms with van der Waals surface area (Å²) < 4.78 is 1.95. The Kier molecular flexibility index (Phi) is 4.61. The number of aromatic carboxylic acids is 1. The summed E-state index contributed by atoms with van der Waals surface area (Å²) in [5, 5.41) is 19.2. The van der Waals surface area contributed by atoms with Gasteiger partial charge in [0, 0.05) is 30.3 Å². The predicted octanol–water partition coefficient (Wildman–Crippen LogP) is 3.22. The van der Waals surface area contributed by atoms with Crippen LogP contribution in [-0.2, 0) is 12.0 Å². The Morgan fingerprint density at radius 1 is 1.22 bits per heavy atom. The van der Waals surface area contributed by atoms with Gasteiger partial charge in [-0.2, -0.15) is 0 Å². The number of fused-ring (bicyclic) bond motifs is 1. The van der Waals surface area contributed by atoms with Crippen molar-refractivity contribution in [3.05, 3.63) is 35.0 Å². The number of carbonyl (C=O) groups excluding carboxylic acids is 1. The molecule has 5 heteroatoms. The molecule has 0 atom stereocenters. The van der Waals surface area contributed by atoms with E-state index >= 15 is 0 Å². The summed E-state index contributed by atoms with van der Waals surface area (Å²) in [6, 6.07) is 3.25. The fourth-order valence-electron chi connectivity index (χ4n) is 2.83. The van der Waals surface area contributed by atoms with E-state index in [0.717, 1.165) is 11.1 Å². The molecular weight excluding hydrogens is 294 g/mol. The lowest BCUT2D eigenvalue weighted by atomic mass is 9.84. The van der Waals surface area contributed by atoms with E-state index in [1.807, 2.05) is 25.3 Å². The van der Waals surface area contributed by atoms with Gasteiger partial charge in [0.2, 0.25) is 0 Å². The first kappa shape index (κ1) is 17.2. The molecule has 0 fully saturated rings. The molecule has 2 rings (SSSR count). The van der Waals surface area contributed by atoms with Gasteiger partial charge in [-0.25, -0.2) is 4.79 Å². The first-order valence-electron chi connectivity index (χ1n) is 7.69. The molecule has 0 saturated heterocycles. The highest BCUT2D eigenvalue weighted by Gasteiger charge is 2.24. The topological polar surface area (TPSA) is 79.5 Å². The Hall–Kier alpha value is -2.14. The Balaban J connectivity index is 2.88. The molecule has 0 amide bonds. The van der Waals surface area contributed by atoms with Crippen LogP contribution in [-0.4, -0.2) is 33.1 Å². The monoisotopic (exact) mass is 317 g/mol. The number of ketones is 1. The minimum Gasteiger partial charge on any atom is -0.478 e. The zero-order valence-electron chi connectivity index (χ0n) is 14.0. The van der Waals surface area contributed by atoms with Gasteiger partial charge in [-0.15, -0.1) is 0 Å². The minimum absolute atomic E-state index is 0.0626. The molecule has 5 nitrogen and oxygen atoms in total. The van der Waals surface area contributed by atoms with Crippen LogP contribution in [0, 0.1) is 0 Å². The molecule has 2 aromatic rings. The SMILES string of the molecule is CC(=O)c1cn(CCCO)c2c(C(C)(C)C)cc(C(=O)O)cc12. The van der Waals surface area contributed by atoms with E-state index in [1.54, 1.807) is 18.3 Å². The summed E-state index contributed by atoms with van der Waals surface area (Å²) >= 11 is 0. The van der Waals surface area contributed by atoms with Crippen LogP contribution in [0.1, 0.15) is 60.4 Å². The lowest BCUT2D eigenvalue weighted by molar-refractivity contribution is 0.0696. The molecule has 1 heterocycles. The number of carboxylic acid groups (broad SMARTS) is 1. The molecule has 0 radical (unpaired) electrons. The predicted molar refractivity (Wildman–Crippen MR) is 89.3 cm³/mol. The maximum atomic E-state index is 12.0. The van der Waals surface area contributed by atoms with Crippen LogP contribution in [0.5, 0.6) is 0 Å². The highest BCUT2D eigenvalue weighted by Crippen LogP contribution is 2.34. The van der Waals surface area contributed by atoms with Crippen molar-refractivity contribution in [1.29, 1.82) is 0 Å². The maximum absolute atomic E-state index is 12.0. The van der Waals surface area contributed by atoms with E-state index in [4.69, 9.17) is 5.11 Å². The molecular formula is C18H23NO4. The van der Waals surface area contributed by atoms with E-state index in [1.165, 1.54) is 6.92 Å². The summed E-state index contributed by atoms with van der Waals surface area (Å²) in [6.07, 6.45) is 2.34. The summed E-state index contributed by atoms with van der Waals surface area (Å²) in [4.78, 5) is 23.4. The number of hydrogen-bond donors (Lipinski definition) is 2. The lowest BCUT2D eigenvalue weighted by Crippen LogP contribution is -2.15. The number of nitrogens with zero attached hydrogens (tertiary/aromatic N) is 1. The van der Waals surface area contributed by atoms with Crippen LogP contribution in [0.2, 0.25) is 0 Å². The Labute approximate surface area is 135 Å². The van der Waals surface area contributed by atoms with Crippen LogP contribution >= 0.6 is 0 Å². The number of rotatable bonds is 5. The quantitative estimate of drug-likeness (QED) is 0.830. The van der Waals surface area contributed by atoms with Crippen molar-refractivity contribution in [2.24, 2.45) is 0 Å². The average molecular weight is 317 g/mol. The highest BCUT2D eigenvalue weighted by atomic mass is 16.4. The van der Waals surface area contributed by atoms with E-state index in [9.17, 15) is 14.7 Å². The number of carbonyl (C=O) groups is 2. The van der Waals surface area contributed by atoms with Gasteiger partial charge in [-0.3, -0.25) is 4.79 Å². The third-order valence-electron chi connectivity index (χ3n) is 3.96. The first-order chi connectivity index (χ1) is 10.7. The van der Waals surface area contributed by atoms with Gasteiger partial charge < -0.3 is 14.8 Å².